The van der Waals surface area contributed by atoms with Crippen molar-refractivity contribution < 1.29 is 0 Å². The van der Waals surface area contributed by atoms with Crippen LogP contribution in [0.5, 0.6) is 0 Å². The van der Waals surface area contributed by atoms with Crippen LogP contribution >= 0.6 is 12.2 Å². The van der Waals surface area contributed by atoms with E-state index < -0.39 is 0 Å². The van der Waals surface area contributed by atoms with Crippen LogP contribution in [0.3, 0.4) is 0 Å². The lowest BCUT2D eigenvalue weighted by molar-refractivity contribution is 0.922. The maximum atomic E-state index is 5.66. The number of aryl methyl sites for hydroxylation is 1. The highest BCUT2D eigenvalue weighted by atomic mass is 32.1. The summed E-state index contributed by atoms with van der Waals surface area (Å²) in [6.07, 6.45) is 3.94. The molecule has 0 bridgehead atoms. The van der Waals surface area contributed by atoms with Gasteiger partial charge >= 0.3 is 0 Å². The molecule has 0 aliphatic rings. The van der Waals surface area contributed by atoms with Crippen LogP contribution in [0, 0.1) is 0 Å². The van der Waals surface area contributed by atoms with Crippen LogP contribution in [-0.4, -0.2) is 9.97 Å². The first kappa shape index (κ1) is 13.5. The van der Waals surface area contributed by atoms with E-state index in [2.05, 4.69) is 41.5 Å². The van der Waals surface area contributed by atoms with E-state index in [1.165, 1.54) is 5.56 Å². The standard InChI is InChI=1S/C15H17N3S/c1-2-4-11-6-8-12(9-7-11)18-13-5-3-10-17-14(13)15(16)19/h3,5-10,18H,2,4H2,1H3,(H2,16,19). The van der Waals surface area contributed by atoms with Gasteiger partial charge in [-0.25, -0.2) is 0 Å². The molecule has 0 amide bonds. The molecule has 2 aromatic rings. The van der Waals surface area contributed by atoms with Crippen LogP contribution in [0.25, 0.3) is 0 Å². The lowest BCUT2D eigenvalue weighted by Crippen LogP contribution is -2.13. The van der Waals surface area contributed by atoms with E-state index in [0.29, 0.717) is 10.7 Å². The Bertz CT molecular complexity index is 564. The second-order valence-corrected chi connectivity index (χ2v) is 4.78. The minimum Gasteiger partial charge on any atom is -0.388 e. The van der Waals surface area contributed by atoms with Gasteiger partial charge in [-0.1, -0.05) is 37.7 Å². The van der Waals surface area contributed by atoms with Crippen molar-refractivity contribution in [3.8, 4) is 0 Å². The molecule has 0 radical (unpaired) electrons. The molecule has 19 heavy (non-hydrogen) atoms. The topological polar surface area (TPSA) is 50.9 Å². The zero-order valence-corrected chi connectivity index (χ0v) is 11.7. The fourth-order valence-corrected chi connectivity index (χ4v) is 2.06. The first-order chi connectivity index (χ1) is 9.20. The third-order valence-corrected chi connectivity index (χ3v) is 3.01. The Balaban J connectivity index is 2.19. The number of anilines is 2. The van der Waals surface area contributed by atoms with E-state index in [-0.39, 0.29) is 0 Å². The summed E-state index contributed by atoms with van der Waals surface area (Å²) in [6.45, 7) is 2.18. The van der Waals surface area contributed by atoms with Crippen molar-refractivity contribution in [2.45, 2.75) is 19.8 Å². The molecule has 2 rings (SSSR count). The van der Waals surface area contributed by atoms with Crippen molar-refractivity contribution in [1.82, 2.24) is 4.98 Å². The Labute approximate surface area is 118 Å². The molecule has 98 valence electrons. The molecule has 0 spiro atoms. The third-order valence-electron chi connectivity index (χ3n) is 2.81. The fourth-order valence-electron chi connectivity index (χ4n) is 1.90. The zero-order chi connectivity index (χ0) is 13.7. The van der Waals surface area contributed by atoms with Crippen molar-refractivity contribution in [3.63, 3.8) is 0 Å². The molecule has 4 heteroatoms. The third kappa shape index (κ3) is 3.51. The predicted molar refractivity (Wildman–Crippen MR) is 83.8 cm³/mol. The number of nitrogens with one attached hydrogen (secondary N) is 1. The summed E-state index contributed by atoms with van der Waals surface area (Å²) in [6, 6.07) is 12.1. The highest BCUT2D eigenvalue weighted by Gasteiger charge is 2.05. The number of benzene rings is 1. The van der Waals surface area contributed by atoms with Gasteiger partial charge in [0.15, 0.2) is 0 Å². The molecule has 0 fully saturated rings. The molecule has 1 aromatic carbocycles. The van der Waals surface area contributed by atoms with Gasteiger partial charge in [0.05, 0.1) is 5.69 Å². The summed E-state index contributed by atoms with van der Waals surface area (Å²) < 4.78 is 0. The van der Waals surface area contributed by atoms with Gasteiger partial charge in [0.2, 0.25) is 0 Å². The highest BCUT2D eigenvalue weighted by molar-refractivity contribution is 7.80. The van der Waals surface area contributed by atoms with E-state index in [9.17, 15) is 0 Å². The van der Waals surface area contributed by atoms with Crippen molar-refractivity contribution in [2.24, 2.45) is 5.73 Å². The van der Waals surface area contributed by atoms with E-state index in [1.54, 1.807) is 6.20 Å². The number of aromatic nitrogens is 1. The van der Waals surface area contributed by atoms with Gasteiger partial charge in [-0.2, -0.15) is 0 Å². The zero-order valence-electron chi connectivity index (χ0n) is 10.9. The number of rotatable bonds is 5. The van der Waals surface area contributed by atoms with Crippen LogP contribution in [0.15, 0.2) is 42.6 Å². The van der Waals surface area contributed by atoms with Crippen LogP contribution in [-0.2, 0) is 6.42 Å². The minimum absolute atomic E-state index is 0.297. The number of nitrogens with zero attached hydrogens (tertiary/aromatic N) is 1. The van der Waals surface area contributed by atoms with Crippen molar-refractivity contribution in [1.29, 1.82) is 0 Å². The van der Waals surface area contributed by atoms with Crippen molar-refractivity contribution in [2.75, 3.05) is 5.32 Å². The summed E-state index contributed by atoms with van der Waals surface area (Å²) in [7, 11) is 0. The van der Waals surface area contributed by atoms with Crippen LogP contribution in [0.4, 0.5) is 11.4 Å². The average Bonchev–Trinajstić information content (AvgIpc) is 2.42. The molecular weight excluding hydrogens is 254 g/mol. The highest BCUT2D eigenvalue weighted by Crippen LogP contribution is 2.20. The quantitative estimate of drug-likeness (QED) is 0.818. The van der Waals surface area contributed by atoms with Gasteiger partial charge in [-0.05, 0) is 36.2 Å². The Morgan fingerprint density at radius 1 is 1.26 bits per heavy atom. The average molecular weight is 271 g/mol. The van der Waals surface area contributed by atoms with Gasteiger partial charge < -0.3 is 11.1 Å². The molecule has 0 saturated heterocycles. The molecule has 0 unspecified atom stereocenters. The molecular formula is C15H17N3S. The summed E-state index contributed by atoms with van der Waals surface area (Å²) in [5.41, 5.74) is 9.46. The number of pyridine rings is 1. The fraction of sp³-hybridized carbons (Fsp3) is 0.200. The van der Waals surface area contributed by atoms with Crippen molar-refractivity contribution >= 4 is 28.6 Å². The largest absolute Gasteiger partial charge is 0.388 e. The molecule has 0 aliphatic heterocycles. The van der Waals surface area contributed by atoms with E-state index >= 15 is 0 Å². The SMILES string of the molecule is CCCc1ccc(Nc2cccnc2C(N)=S)cc1. The Morgan fingerprint density at radius 3 is 2.63 bits per heavy atom. The second kappa shape index (κ2) is 6.29. The molecule has 0 atom stereocenters. The number of hydrogen-bond acceptors (Lipinski definition) is 3. The summed E-state index contributed by atoms with van der Waals surface area (Å²) in [4.78, 5) is 4.49. The molecule has 3 N–H and O–H groups in total. The predicted octanol–water partition coefficient (Wildman–Crippen LogP) is 3.41. The molecule has 0 saturated carbocycles. The molecule has 3 nitrogen and oxygen atoms in total. The van der Waals surface area contributed by atoms with Gasteiger partial charge in [0, 0.05) is 11.9 Å². The second-order valence-electron chi connectivity index (χ2n) is 4.34. The van der Waals surface area contributed by atoms with Crippen LogP contribution in [0.2, 0.25) is 0 Å². The minimum atomic E-state index is 0.297. The maximum Gasteiger partial charge on any atom is 0.124 e. The molecule has 1 heterocycles. The summed E-state index contributed by atoms with van der Waals surface area (Å²) in [5, 5.41) is 3.29. The Morgan fingerprint density at radius 2 is 2.00 bits per heavy atom. The normalized spacial score (nSPS) is 10.2. The summed E-state index contributed by atoms with van der Waals surface area (Å²) in [5.74, 6) is 0. The number of hydrogen-bond donors (Lipinski definition) is 2. The van der Waals surface area contributed by atoms with Gasteiger partial charge in [0.1, 0.15) is 10.7 Å². The van der Waals surface area contributed by atoms with Gasteiger partial charge in [0.25, 0.3) is 0 Å². The van der Waals surface area contributed by atoms with Crippen molar-refractivity contribution in [3.05, 3.63) is 53.9 Å². The van der Waals surface area contributed by atoms with Gasteiger partial charge in [-0.3, -0.25) is 4.98 Å². The monoisotopic (exact) mass is 271 g/mol. The summed E-state index contributed by atoms with van der Waals surface area (Å²) >= 11 is 5.00. The van der Waals surface area contributed by atoms with E-state index in [4.69, 9.17) is 18.0 Å². The first-order valence-electron chi connectivity index (χ1n) is 6.31. The van der Waals surface area contributed by atoms with Crippen LogP contribution < -0.4 is 11.1 Å². The first-order valence-corrected chi connectivity index (χ1v) is 6.72. The van der Waals surface area contributed by atoms with Crippen LogP contribution in [0.1, 0.15) is 24.6 Å². The number of thiocarbonyl (C=S) groups is 1. The molecule has 0 aliphatic carbocycles. The van der Waals surface area contributed by atoms with E-state index in [0.717, 1.165) is 24.2 Å². The Kier molecular flexibility index (Phi) is 4.47. The lowest BCUT2D eigenvalue weighted by atomic mass is 10.1. The lowest BCUT2D eigenvalue weighted by Gasteiger charge is -2.10. The van der Waals surface area contributed by atoms with Gasteiger partial charge in [-0.15, -0.1) is 0 Å². The maximum absolute atomic E-state index is 5.66. The number of nitrogens with two attached hydrogens (primary N) is 1. The smallest absolute Gasteiger partial charge is 0.124 e. The Hall–Kier alpha value is -1.94. The molecule has 1 aromatic heterocycles. The van der Waals surface area contributed by atoms with E-state index in [1.807, 2.05) is 12.1 Å².